The summed E-state index contributed by atoms with van der Waals surface area (Å²) in [7, 11) is 0.857. The number of hydrogen-bond acceptors (Lipinski definition) is 5. The lowest BCUT2D eigenvalue weighted by molar-refractivity contribution is -0.140. The van der Waals surface area contributed by atoms with Crippen LogP contribution in [-0.2, 0) is 18.8 Å². The van der Waals surface area contributed by atoms with E-state index in [-0.39, 0.29) is 18.2 Å². The maximum Gasteiger partial charge on any atom is 0.466 e. The molecule has 0 N–H and O–H groups in total. The molecule has 0 bridgehead atoms. The summed E-state index contributed by atoms with van der Waals surface area (Å²) in [5, 5.41) is 0. The van der Waals surface area contributed by atoms with Crippen molar-refractivity contribution in [3.8, 4) is 0 Å². The van der Waals surface area contributed by atoms with Crippen LogP contribution in [0.15, 0.2) is 22.9 Å². The first kappa shape index (κ1) is 17.4. The highest BCUT2D eigenvalue weighted by atomic mass is 79.9. The number of esters is 1. The van der Waals surface area contributed by atoms with Crippen LogP contribution in [-0.4, -0.2) is 36.4 Å². The highest BCUT2D eigenvalue weighted by molar-refractivity contribution is 9.10. The Kier molecular flexibility index (Phi) is 4.99. The molecular weight excluding hydrogens is 349 g/mol. The number of hydrogen-bond donors (Lipinski definition) is 0. The number of ether oxygens (including phenoxy) is 1. The number of carbonyl (C=O) groups excluding carboxylic acids is 1. The van der Waals surface area contributed by atoms with Crippen molar-refractivity contribution in [3.63, 3.8) is 0 Å². The summed E-state index contributed by atoms with van der Waals surface area (Å²) in [5.74, 6) is -0.572. The van der Waals surface area contributed by atoms with E-state index in [0.717, 1.165) is 10.2 Å². The van der Waals surface area contributed by atoms with E-state index in [1.165, 1.54) is 7.11 Å². The van der Waals surface area contributed by atoms with Crippen molar-refractivity contribution in [2.45, 2.75) is 51.1 Å². The molecule has 7 heteroatoms. The molecule has 22 heavy (non-hydrogen) atoms. The second-order valence-electron chi connectivity index (χ2n) is 6.43. The standard InChI is InChI=1S/C15H21BBrNO4/c1-14(2)15(3,4)22-16(21-14)11(8-13(19)20-5)10-6-7-12(17)18-9-10/h6-7,9,11H,8H2,1-5H3. The Balaban J connectivity index is 2.29. The molecule has 1 fully saturated rings. The predicted octanol–water partition coefficient (Wildman–Crippen LogP) is 3.12. The van der Waals surface area contributed by atoms with Crippen LogP contribution in [0.1, 0.15) is 45.5 Å². The largest absolute Gasteiger partial charge is 0.469 e. The van der Waals surface area contributed by atoms with Gasteiger partial charge >= 0.3 is 13.1 Å². The molecule has 1 saturated heterocycles. The monoisotopic (exact) mass is 369 g/mol. The van der Waals surface area contributed by atoms with Gasteiger partial charge in [-0.05, 0) is 55.3 Å². The van der Waals surface area contributed by atoms with Gasteiger partial charge < -0.3 is 14.0 Å². The van der Waals surface area contributed by atoms with Crippen LogP contribution in [0, 0.1) is 0 Å². The van der Waals surface area contributed by atoms with Gasteiger partial charge in [0.25, 0.3) is 0 Å². The van der Waals surface area contributed by atoms with Gasteiger partial charge in [-0.15, -0.1) is 0 Å². The van der Waals surface area contributed by atoms with Gasteiger partial charge in [-0.2, -0.15) is 0 Å². The number of aromatic nitrogens is 1. The minimum absolute atomic E-state index is 0.177. The quantitative estimate of drug-likeness (QED) is 0.463. The molecule has 1 unspecified atom stereocenters. The van der Waals surface area contributed by atoms with Crippen LogP contribution in [0.5, 0.6) is 0 Å². The third kappa shape index (κ3) is 3.52. The van der Waals surface area contributed by atoms with Crippen LogP contribution in [0.3, 0.4) is 0 Å². The van der Waals surface area contributed by atoms with Crippen molar-refractivity contribution in [1.29, 1.82) is 0 Å². The molecule has 5 nitrogen and oxygen atoms in total. The van der Waals surface area contributed by atoms with Crippen LogP contribution in [0.25, 0.3) is 0 Å². The minimum Gasteiger partial charge on any atom is -0.469 e. The lowest BCUT2D eigenvalue weighted by Crippen LogP contribution is -2.41. The molecule has 2 heterocycles. The van der Waals surface area contributed by atoms with Gasteiger partial charge in [0.15, 0.2) is 0 Å². The molecule has 1 aliphatic rings. The summed E-state index contributed by atoms with van der Waals surface area (Å²) in [6.07, 6.45) is 1.90. The fourth-order valence-corrected chi connectivity index (χ4v) is 2.53. The Labute approximate surface area is 140 Å². The van der Waals surface area contributed by atoms with E-state index in [9.17, 15) is 4.79 Å². The van der Waals surface area contributed by atoms with Crippen molar-refractivity contribution < 1.29 is 18.8 Å². The van der Waals surface area contributed by atoms with Gasteiger partial charge in [-0.25, -0.2) is 4.98 Å². The van der Waals surface area contributed by atoms with E-state index in [4.69, 9.17) is 14.0 Å². The molecule has 1 atom stereocenters. The molecule has 0 radical (unpaired) electrons. The molecule has 120 valence electrons. The fraction of sp³-hybridized carbons (Fsp3) is 0.600. The maximum atomic E-state index is 11.8. The Bertz CT molecular complexity index is 531. The number of nitrogens with zero attached hydrogens (tertiary/aromatic N) is 1. The summed E-state index contributed by atoms with van der Waals surface area (Å²) in [5.41, 5.74) is -0.0176. The number of methoxy groups -OCH3 is 1. The molecule has 1 aromatic rings. The first-order valence-electron chi connectivity index (χ1n) is 7.20. The summed E-state index contributed by atoms with van der Waals surface area (Å²) < 4.78 is 17.7. The van der Waals surface area contributed by atoms with Gasteiger partial charge in [-0.3, -0.25) is 4.79 Å². The van der Waals surface area contributed by atoms with Gasteiger partial charge in [0.2, 0.25) is 0 Å². The van der Waals surface area contributed by atoms with E-state index < -0.39 is 18.3 Å². The van der Waals surface area contributed by atoms with Crippen LogP contribution < -0.4 is 0 Å². The van der Waals surface area contributed by atoms with Gasteiger partial charge in [0, 0.05) is 12.0 Å². The molecule has 1 aromatic heterocycles. The van der Waals surface area contributed by atoms with Crippen molar-refractivity contribution in [3.05, 3.63) is 28.5 Å². The number of pyridine rings is 1. The second-order valence-corrected chi connectivity index (χ2v) is 7.24. The average molecular weight is 370 g/mol. The van der Waals surface area contributed by atoms with Crippen molar-refractivity contribution in [1.82, 2.24) is 4.98 Å². The van der Waals surface area contributed by atoms with Gasteiger partial charge in [-0.1, -0.05) is 6.07 Å². The number of carbonyl (C=O) groups is 1. The van der Waals surface area contributed by atoms with Crippen LogP contribution in [0.4, 0.5) is 0 Å². The predicted molar refractivity (Wildman–Crippen MR) is 87.4 cm³/mol. The lowest BCUT2D eigenvalue weighted by Gasteiger charge is -2.32. The van der Waals surface area contributed by atoms with E-state index in [1.807, 2.05) is 39.8 Å². The van der Waals surface area contributed by atoms with E-state index in [2.05, 4.69) is 20.9 Å². The molecule has 2 rings (SSSR count). The molecule has 1 aliphatic heterocycles. The molecule has 0 spiro atoms. The lowest BCUT2D eigenvalue weighted by atomic mass is 9.66. The first-order chi connectivity index (χ1) is 10.2. The average Bonchev–Trinajstić information content (AvgIpc) is 2.65. The SMILES string of the molecule is COC(=O)CC(B1OC(C)(C)C(C)(C)O1)c1ccc(Br)nc1. The Morgan fingerprint density at radius 2 is 1.91 bits per heavy atom. The first-order valence-corrected chi connectivity index (χ1v) is 7.99. The van der Waals surface area contributed by atoms with E-state index >= 15 is 0 Å². The third-order valence-electron chi connectivity index (χ3n) is 4.39. The maximum absolute atomic E-state index is 11.8. The summed E-state index contributed by atoms with van der Waals surface area (Å²) in [4.78, 5) is 16.0. The Hall–Kier alpha value is -0.915. The van der Waals surface area contributed by atoms with E-state index in [0.29, 0.717) is 0 Å². The number of halogens is 1. The zero-order valence-corrected chi connectivity index (χ0v) is 15.1. The topological polar surface area (TPSA) is 57.7 Å². The molecule has 0 aliphatic carbocycles. The highest BCUT2D eigenvalue weighted by Crippen LogP contribution is 2.41. The summed E-state index contributed by atoms with van der Waals surface area (Å²) >= 11 is 3.31. The van der Waals surface area contributed by atoms with Crippen molar-refractivity contribution in [2.24, 2.45) is 0 Å². The van der Waals surface area contributed by atoms with Gasteiger partial charge in [0.05, 0.1) is 24.7 Å². The zero-order valence-electron chi connectivity index (χ0n) is 13.6. The molecular formula is C15H21BBrNO4. The molecule has 0 amide bonds. The molecule has 0 saturated carbocycles. The summed E-state index contributed by atoms with van der Waals surface area (Å²) in [6.45, 7) is 7.95. The number of rotatable bonds is 4. The zero-order chi connectivity index (χ0) is 16.5. The fourth-order valence-electron chi connectivity index (χ4n) is 2.29. The third-order valence-corrected chi connectivity index (χ3v) is 4.86. The smallest absolute Gasteiger partial charge is 0.466 e. The minimum atomic E-state index is -0.521. The highest BCUT2D eigenvalue weighted by Gasteiger charge is 2.54. The van der Waals surface area contributed by atoms with Crippen LogP contribution >= 0.6 is 15.9 Å². The molecule has 0 aromatic carbocycles. The van der Waals surface area contributed by atoms with Crippen molar-refractivity contribution in [2.75, 3.05) is 7.11 Å². The van der Waals surface area contributed by atoms with E-state index in [1.54, 1.807) is 6.20 Å². The Morgan fingerprint density at radius 1 is 1.32 bits per heavy atom. The normalized spacial score (nSPS) is 20.7. The Morgan fingerprint density at radius 3 is 2.36 bits per heavy atom. The summed E-state index contributed by atoms with van der Waals surface area (Å²) in [6, 6.07) is 3.75. The van der Waals surface area contributed by atoms with Crippen molar-refractivity contribution >= 4 is 29.0 Å². The second kappa shape index (κ2) is 6.30. The van der Waals surface area contributed by atoms with Crippen LogP contribution in [0.2, 0.25) is 0 Å². The van der Waals surface area contributed by atoms with Gasteiger partial charge in [0.1, 0.15) is 4.60 Å².